The van der Waals surface area contributed by atoms with E-state index in [4.69, 9.17) is 42.6 Å². The van der Waals surface area contributed by atoms with E-state index in [9.17, 15) is 21.6 Å². The number of carbonyl (C=O) groups excluding carboxylic acids is 1. The normalized spacial score (nSPS) is 12.8. The lowest BCUT2D eigenvalue weighted by Crippen LogP contribution is -2.32. The number of halogens is 2. The summed E-state index contributed by atoms with van der Waals surface area (Å²) < 4.78 is 72.9. The third kappa shape index (κ3) is 14.7. The average Bonchev–Trinajstić information content (AvgIpc) is 1.35. The SMILES string of the molecule is O=C(OCCCC(CS(=O)(=O)NCc1cccc(Cl)c1)c1c[nH]c(C(c2ccccc2)(c2ccccc2)c2ccccc2)n1)OCCCC(CS(=O)(=O)NCc1cccc(Cl)c1)c1c[nH]c(C(c2ccccc2)(c2ccccc2)c2ccccc2)n1. The van der Waals surface area contributed by atoms with E-state index in [0.29, 0.717) is 44.2 Å². The fourth-order valence-electron chi connectivity index (χ4n) is 11.4. The first-order valence-electron chi connectivity index (χ1n) is 28.5. The van der Waals surface area contributed by atoms with Crippen molar-refractivity contribution in [2.75, 3.05) is 24.7 Å². The number of hydrogen-bond acceptors (Lipinski definition) is 9. The first kappa shape index (κ1) is 61.0. The van der Waals surface area contributed by atoms with Crippen LogP contribution in [-0.4, -0.2) is 67.6 Å². The van der Waals surface area contributed by atoms with Crippen LogP contribution >= 0.6 is 23.2 Å². The van der Waals surface area contributed by atoms with Crippen LogP contribution in [0, 0.1) is 0 Å². The first-order valence-corrected chi connectivity index (χ1v) is 32.6. The molecule has 10 rings (SSSR count). The van der Waals surface area contributed by atoms with E-state index in [1.54, 1.807) is 60.9 Å². The van der Waals surface area contributed by atoms with Crippen molar-refractivity contribution in [3.63, 3.8) is 0 Å². The van der Waals surface area contributed by atoms with Gasteiger partial charge in [-0.2, -0.15) is 0 Å². The van der Waals surface area contributed by atoms with Gasteiger partial charge in [-0.05, 0) is 94.5 Å². The molecule has 10 aromatic rings. The molecule has 0 radical (unpaired) electrons. The van der Waals surface area contributed by atoms with Crippen LogP contribution in [0.4, 0.5) is 4.79 Å². The highest BCUT2D eigenvalue weighted by atomic mass is 35.5. The molecule has 13 nitrogen and oxygen atoms in total. The summed E-state index contributed by atoms with van der Waals surface area (Å²) in [5.74, 6) is -0.713. The van der Waals surface area contributed by atoms with Crippen LogP contribution in [0.2, 0.25) is 10.0 Å². The molecule has 0 amide bonds. The van der Waals surface area contributed by atoms with E-state index >= 15 is 0 Å². The maximum atomic E-state index is 14.0. The summed E-state index contributed by atoms with van der Waals surface area (Å²) in [6, 6.07) is 74.5. The fraction of sp³-hybridized carbons (Fsp3) is 0.203. The third-order valence-electron chi connectivity index (χ3n) is 15.4. The number of aromatic amines is 2. The van der Waals surface area contributed by atoms with Crippen LogP contribution in [0.15, 0.2) is 243 Å². The van der Waals surface area contributed by atoms with E-state index in [-0.39, 0.29) is 63.5 Å². The molecule has 17 heteroatoms. The summed E-state index contributed by atoms with van der Waals surface area (Å²) >= 11 is 12.5. The predicted molar refractivity (Wildman–Crippen MR) is 339 cm³/mol. The number of sulfonamides is 2. The van der Waals surface area contributed by atoms with E-state index in [0.717, 1.165) is 33.4 Å². The summed E-state index contributed by atoms with van der Waals surface area (Å²) in [7, 11) is -7.85. The summed E-state index contributed by atoms with van der Waals surface area (Å²) in [5.41, 5.74) is 6.40. The van der Waals surface area contributed by atoms with E-state index in [2.05, 4.69) is 92.2 Å². The zero-order valence-electron chi connectivity index (χ0n) is 47.1. The Labute approximate surface area is 513 Å². The maximum absolute atomic E-state index is 14.0. The van der Waals surface area contributed by atoms with Crippen molar-refractivity contribution >= 4 is 49.4 Å². The number of rotatable bonds is 28. The summed E-state index contributed by atoms with van der Waals surface area (Å²) in [6.45, 7) is -0.0854. The van der Waals surface area contributed by atoms with Crippen LogP contribution in [0.25, 0.3) is 0 Å². The number of aromatic nitrogens is 4. The van der Waals surface area contributed by atoms with Gasteiger partial charge in [0.15, 0.2) is 0 Å². The molecular formula is C69H66Cl2N6O7S2. The Morgan fingerprint density at radius 2 is 0.744 bits per heavy atom. The summed E-state index contributed by atoms with van der Waals surface area (Å²) in [6.07, 6.45) is 3.73. The molecule has 440 valence electrons. The van der Waals surface area contributed by atoms with Gasteiger partial charge in [-0.25, -0.2) is 41.0 Å². The number of nitrogens with zero attached hydrogens (tertiary/aromatic N) is 2. The van der Waals surface area contributed by atoms with E-state index in [1.165, 1.54) is 0 Å². The van der Waals surface area contributed by atoms with E-state index < -0.39 is 48.9 Å². The van der Waals surface area contributed by atoms with Gasteiger partial charge in [-0.1, -0.05) is 229 Å². The second-order valence-corrected chi connectivity index (χ2v) is 25.7. The van der Waals surface area contributed by atoms with Crippen LogP contribution in [0.5, 0.6) is 0 Å². The van der Waals surface area contributed by atoms with Gasteiger partial charge in [-0.15, -0.1) is 0 Å². The molecule has 0 fully saturated rings. The first-order chi connectivity index (χ1) is 41.8. The molecule has 0 spiro atoms. The Morgan fingerprint density at radius 1 is 0.442 bits per heavy atom. The molecule has 0 saturated heterocycles. The van der Waals surface area contributed by atoms with Crippen molar-refractivity contribution in [3.8, 4) is 0 Å². The van der Waals surface area contributed by atoms with Crippen LogP contribution in [-0.2, 0) is 53.4 Å². The lowest BCUT2D eigenvalue weighted by Gasteiger charge is -2.34. The second kappa shape index (κ2) is 28.4. The van der Waals surface area contributed by atoms with Gasteiger partial charge >= 0.3 is 6.16 Å². The molecule has 2 heterocycles. The molecule has 86 heavy (non-hydrogen) atoms. The highest BCUT2D eigenvalue weighted by Crippen LogP contribution is 2.46. The van der Waals surface area contributed by atoms with Crippen molar-refractivity contribution in [1.29, 1.82) is 0 Å². The molecule has 8 aromatic carbocycles. The minimum Gasteiger partial charge on any atom is -0.434 e. The Kier molecular flexibility index (Phi) is 20.1. The molecule has 2 aromatic heterocycles. The topological polar surface area (TPSA) is 185 Å². The molecular weight excluding hydrogens is 1160 g/mol. The van der Waals surface area contributed by atoms with Gasteiger partial charge < -0.3 is 19.4 Å². The quantitative estimate of drug-likeness (QED) is 0.0210. The molecule has 0 aliphatic rings. The Balaban J connectivity index is 0.855. The van der Waals surface area contributed by atoms with Crippen LogP contribution in [0.1, 0.15) is 105 Å². The number of nitrogens with one attached hydrogen (secondary N) is 4. The highest BCUT2D eigenvalue weighted by Gasteiger charge is 2.43. The summed E-state index contributed by atoms with van der Waals surface area (Å²) in [5, 5.41) is 0.985. The predicted octanol–water partition coefficient (Wildman–Crippen LogP) is 14.0. The number of ether oxygens (including phenoxy) is 2. The molecule has 0 saturated carbocycles. The van der Waals surface area contributed by atoms with Gasteiger partial charge in [-0.3, -0.25) is 0 Å². The largest absolute Gasteiger partial charge is 0.508 e. The number of imidazole rings is 2. The highest BCUT2D eigenvalue weighted by molar-refractivity contribution is 7.89. The maximum Gasteiger partial charge on any atom is 0.508 e. The lowest BCUT2D eigenvalue weighted by molar-refractivity contribution is 0.0525. The molecule has 0 aliphatic carbocycles. The van der Waals surface area contributed by atoms with Crippen molar-refractivity contribution in [2.45, 2.75) is 61.4 Å². The molecule has 2 atom stereocenters. The number of hydrogen-bond donors (Lipinski definition) is 4. The Morgan fingerprint density at radius 3 is 1.03 bits per heavy atom. The average molecular weight is 1230 g/mol. The van der Waals surface area contributed by atoms with Crippen molar-refractivity contribution in [3.05, 3.63) is 321 Å². The number of H-pyrrole nitrogens is 2. The molecule has 4 N–H and O–H groups in total. The van der Waals surface area contributed by atoms with Crippen LogP contribution < -0.4 is 9.44 Å². The monoisotopic (exact) mass is 1220 g/mol. The third-order valence-corrected chi connectivity index (χ3v) is 18.7. The van der Waals surface area contributed by atoms with Gasteiger partial charge in [0.2, 0.25) is 20.0 Å². The van der Waals surface area contributed by atoms with Gasteiger partial charge in [0.25, 0.3) is 0 Å². The van der Waals surface area contributed by atoms with Crippen LogP contribution in [0.3, 0.4) is 0 Å². The standard InChI is InChI=1S/C69H66Cl2N6O7S2/c70-61-39-19-23-51(43-61)45-74-85(79,80)49-53(63-47-72-65(76-63)68(55-27-7-1-8-28-55,56-29-9-2-10-30-56)57-31-11-3-12-32-57)25-21-41-83-67(78)84-42-22-26-54(50-86(81,82)75-46-52-24-20-40-62(71)44-52)64-48-73-66(77-64)69(58-33-13-4-14-34-58,59-35-15-5-16-36-59)60-37-17-6-18-38-60/h1-20,23-24,27-40,43-44,47-48,53-54,74-75H,21-22,25-26,41-42,45-46,49-50H2,(H,72,76)(H,73,77). The van der Waals surface area contributed by atoms with Crippen molar-refractivity contribution in [2.24, 2.45) is 0 Å². The lowest BCUT2D eigenvalue weighted by atomic mass is 9.69. The van der Waals surface area contributed by atoms with Gasteiger partial charge in [0.1, 0.15) is 22.5 Å². The Hall–Kier alpha value is -8.15. The molecule has 0 aliphatic heterocycles. The fourth-order valence-corrected chi connectivity index (χ4v) is 14.6. The zero-order chi connectivity index (χ0) is 59.8. The minimum absolute atomic E-state index is 0.0349. The number of carbonyl (C=O) groups is 1. The second-order valence-electron chi connectivity index (χ2n) is 21.1. The summed E-state index contributed by atoms with van der Waals surface area (Å²) in [4.78, 5) is 30.9. The van der Waals surface area contributed by atoms with Crippen molar-refractivity contribution < 1.29 is 31.1 Å². The van der Waals surface area contributed by atoms with Gasteiger partial charge in [0, 0.05) is 47.4 Å². The number of benzene rings is 8. The van der Waals surface area contributed by atoms with Crippen molar-refractivity contribution in [1.82, 2.24) is 29.4 Å². The van der Waals surface area contributed by atoms with E-state index in [1.807, 2.05) is 109 Å². The minimum atomic E-state index is -3.92. The molecule has 2 unspecified atom stereocenters. The zero-order valence-corrected chi connectivity index (χ0v) is 50.3. The Bertz CT molecular complexity index is 3560. The van der Waals surface area contributed by atoms with Gasteiger partial charge in [0.05, 0.1) is 36.1 Å². The molecule has 0 bridgehead atoms. The smallest absolute Gasteiger partial charge is 0.434 e.